The molecular weight excluding hydrogens is 158 g/mol. The molecule has 0 aliphatic heterocycles. The van der Waals surface area contributed by atoms with Crippen LogP contribution < -0.4 is 5.73 Å². The van der Waals surface area contributed by atoms with E-state index in [2.05, 4.69) is 27.7 Å². The first-order chi connectivity index (χ1) is 5.98. The number of rotatable bonds is 2. The Labute approximate surface area is 83.1 Å². The molecule has 0 radical (unpaired) electrons. The Morgan fingerprint density at radius 1 is 1.15 bits per heavy atom. The molecule has 2 N–H and O–H groups in total. The lowest BCUT2D eigenvalue weighted by Crippen LogP contribution is -2.55. The molecule has 0 saturated heterocycles. The van der Waals surface area contributed by atoms with E-state index in [9.17, 15) is 0 Å². The molecule has 2 unspecified atom stereocenters. The van der Waals surface area contributed by atoms with E-state index in [1.165, 1.54) is 25.7 Å². The quantitative estimate of drug-likeness (QED) is 0.699. The van der Waals surface area contributed by atoms with Gasteiger partial charge in [-0.25, -0.2) is 0 Å². The van der Waals surface area contributed by atoms with Crippen molar-refractivity contribution in [1.82, 2.24) is 0 Å². The molecule has 1 heteroatoms. The maximum Gasteiger partial charge on any atom is 0.0208 e. The number of hydrogen-bond donors (Lipinski definition) is 1. The minimum absolute atomic E-state index is 0.117. The van der Waals surface area contributed by atoms with Crippen molar-refractivity contribution in [3.05, 3.63) is 0 Å². The average Bonchev–Trinajstić information content (AvgIpc) is 2.04. The number of nitrogens with two attached hydrogens (primary N) is 1. The van der Waals surface area contributed by atoms with E-state index in [0.717, 1.165) is 11.8 Å². The molecule has 78 valence electrons. The van der Waals surface area contributed by atoms with Gasteiger partial charge in [-0.05, 0) is 30.6 Å². The van der Waals surface area contributed by atoms with Crippen molar-refractivity contribution < 1.29 is 0 Å². The van der Waals surface area contributed by atoms with Gasteiger partial charge in [-0.15, -0.1) is 0 Å². The van der Waals surface area contributed by atoms with Crippen molar-refractivity contribution >= 4 is 0 Å². The van der Waals surface area contributed by atoms with Gasteiger partial charge in [0, 0.05) is 5.54 Å². The van der Waals surface area contributed by atoms with E-state index >= 15 is 0 Å². The van der Waals surface area contributed by atoms with E-state index in [-0.39, 0.29) is 5.54 Å². The molecule has 1 aliphatic carbocycles. The number of hydrogen-bond acceptors (Lipinski definition) is 1. The lowest BCUT2D eigenvalue weighted by molar-refractivity contribution is 0.0968. The fourth-order valence-corrected chi connectivity index (χ4v) is 2.92. The summed E-state index contributed by atoms with van der Waals surface area (Å²) in [6.07, 6.45) is 5.28. The Kier molecular flexibility index (Phi) is 3.39. The average molecular weight is 183 g/mol. The van der Waals surface area contributed by atoms with Crippen LogP contribution in [0, 0.1) is 17.8 Å². The Balaban J connectivity index is 2.77. The summed E-state index contributed by atoms with van der Waals surface area (Å²) in [5.41, 5.74) is 6.66. The summed E-state index contributed by atoms with van der Waals surface area (Å²) in [4.78, 5) is 0. The second kappa shape index (κ2) is 4.00. The molecule has 1 saturated carbocycles. The van der Waals surface area contributed by atoms with Crippen LogP contribution in [0.25, 0.3) is 0 Å². The maximum absolute atomic E-state index is 6.55. The van der Waals surface area contributed by atoms with Gasteiger partial charge in [0.05, 0.1) is 0 Å². The highest BCUT2D eigenvalue weighted by atomic mass is 14.8. The molecule has 1 rings (SSSR count). The van der Waals surface area contributed by atoms with Gasteiger partial charge in [-0.2, -0.15) is 0 Å². The lowest BCUT2D eigenvalue weighted by atomic mass is 9.64. The Bertz CT molecular complexity index is 163. The highest BCUT2D eigenvalue weighted by Crippen LogP contribution is 2.40. The summed E-state index contributed by atoms with van der Waals surface area (Å²) in [5.74, 6) is 2.11. The molecule has 0 spiro atoms. The van der Waals surface area contributed by atoms with Crippen LogP contribution in [0.15, 0.2) is 0 Å². The first-order valence-corrected chi connectivity index (χ1v) is 5.77. The summed E-state index contributed by atoms with van der Waals surface area (Å²) in [7, 11) is 0. The zero-order valence-corrected chi connectivity index (χ0v) is 9.64. The lowest BCUT2D eigenvalue weighted by Gasteiger charge is -2.46. The monoisotopic (exact) mass is 183 g/mol. The Hall–Kier alpha value is -0.0400. The van der Waals surface area contributed by atoms with Crippen LogP contribution in [0.5, 0.6) is 0 Å². The normalized spacial score (nSPS) is 35.8. The van der Waals surface area contributed by atoms with Crippen molar-refractivity contribution in [2.45, 2.75) is 58.9 Å². The van der Waals surface area contributed by atoms with Crippen molar-refractivity contribution in [2.75, 3.05) is 0 Å². The van der Waals surface area contributed by atoms with Gasteiger partial charge in [0.15, 0.2) is 0 Å². The van der Waals surface area contributed by atoms with Crippen molar-refractivity contribution in [2.24, 2.45) is 23.5 Å². The zero-order valence-electron chi connectivity index (χ0n) is 9.64. The van der Waals surface area contributed by atoms with Gasteiger partial charge in [0.2, 0.25) is 0 Å². The topological polar surface area (TPSA) is 26.0 Å². The summed E-state index contributed by atoms with van der Waals surface area (Å²) < 4.78 is 0. The summed E-state index contributed by atoms with van der Waals surface area (Å²) >= 11 is 0. The molecule has 1 aliphatic rings. The van der Waals surface area contributed by atoms with Crippen LogP contribution in [0.4, 0.5) is 0 Å². The van der Waals surface area contributed by atoms with E-state index in [0.29, 0.717) is 5.92 Å². The molecule has 0 bridgehead atoms. The SMILES string of the molecule is CC(C)C1CCCCC1(N)C(C)C. The highest BCUT2D eigenvalue weighted by molar-refractivity contribution is 4.97. The van der Waals surface area contributed by atoms with Crippen LogP contribution in [0.3, 0.4) is 0 Å². The van der Waals surface area contributed by atoms with Gasteiger partial charge >= 0.3 is 0 Å². The second-order valence-corrected chi connectivity index (χ2v) is 5.36. The van der Waals surface area contributed by atoms with Gasteiger partial charge in [-0.3, -0.25) is 0 Å². The van der Waals surface area contributed by atoms with E-state index in [1.54, 1.807) is 0 Å². The predicted octanol–water partition coefficient (Wildman–Crippen LogP) is 3.19. The molecule has 1 nitrogen and oxygen atoms in total. The molecule has 0 aromatic heterocycles. The molecule has 0 aromatic rings. The Morgan fingerprint density at radius 2 is 1.77 bits per heavy atom. The van der Waals surface area contributed by atoms with Crippen LogP contribution in [-0.4, -0.2) is 5.54 Å². The largest absolute Gasteiger partial charge is 0.325 e. The van der Waals surface area contributed by atoms with Crippen molar-refractivity contribution in [1.29, 1.82) is 0 Å². The summed E-state index contributed by atoms with van der Waals surface area (Å²) in [6.45, 7) is 9.20. The van der Waals surface area contributed by atoms with Crippen molar-refractivity contribution in [3.8, 4) is 0 Å². The second-order valence-electron chi connectivity index (χ2n) is 5.36. The van der Waals surface area contributed by atoms with E-state index in [1.807, 2.05) is 0 Å². The summed E-state index contributed by atoms with van der Waals surface area (Å²) in [6, 6.07) is 0. The van der Waals surface area contributed by atoms with Crippen LogP contribution in [0.1, 0.15) is 53.4 Å². The minimum atomic E-state index is 0.117. The molecule has 0 heterocycles. The molecule has 13 heavy (non-hydrogen) atoms. The first kappa shape index (κ1) is 11.0. The zero-order chi connectivity index (χ0) is 10.1. The smallest absolute Gasteiger partial charge is 0.0208 e. The molecule has 0 aromatic carbocycles. The maximum atomic E-state index is 6.55. The third-order valence-electron chi connectivity index (χ3n) is 3.94. The van der Waals surface area contributed by atoms with E-state index < -0.39 is 0 Å². The fourth-order valence-electron chi connectivity index (χ4n) is 2.92. The van der Waals surface area contributed by atoms with Gasteiger partial charge in [0.1, 0.15) is 0 Å². The Morgan fingerprint density at radius 3 is 2.15 bits per heavy atom. The standard InChI is InChI=1S/C12H25N/c1-9(2)11-7-5-6-8-12(11,13)10(3)4/h9-11H,5-8,13H2,1-4H3. The summed E-state index contributed by atoms with van der Waals surface area (Å²) in [5, 5.41) is 0. The van der Waals surface area contributed by atoms with Crippen molar-refractivity contribution in [3.63, 3.8) is 0 Å². The van der Waals surface area contributed by atoms with Crippen LogP contribution in [-0.2, 0) is 0 Å². The highest BCUT2D eigenvalue weighted by Gasteiger charge is 2.40. The predicted molar refractivity (Wildman–Crippen MR) is 58.6 cm³/mol. The van der Waals surface area contributed by atoms with Crippen LogP contribution >= 0.6 is 0 Å². The van der Waals surface area contributed by atoms with Crippen LogP contribution in [0.2, 0.25) is 0 Å². The fraction of sp³-hybridized carbons (Fsp3) is 1.00. The van der Waals surface area contributed by atoms with E-state index in [4.69, 9.17) is 5.73 Å². The van der Waals surface area contributed by atoms with Gasteiger partial charge < -0.3 is 5.73 Å². The minimum Gasteiger partial charge on any atom is -0.325 e. The third-order valence-corrected chi connectivity index (χ3v) is 3.94. The molecule has 2 atom stereocenters. The molecular formula is C12H25N. The first-order valence-electron chi connectivity index (χ1n) is 5.77. The van der Waals surface area contributed by atoms with Gasteiger partial charge in [-0.1, -0.05) is 40.5 Å². The third kappa shape index (κ3) is 2.07. The van der Waals surface area contributed by atoms with Gasteiger partial charge in [0.25, 0.3) is 0 Å². The molecule has 0 amide bonds. The molecule has 1 fully saturated rings.